The number of aryl methyl sites for hydroxylation is 2. The number of hydrogen-bond donors (Lipinski definition) is 0. The van der Waals surface area contributed by atoms with Crippen LogP contribution in [0.25, 0.3) is 0 Å². The zero-order valence-corrected chi connectivity index (χ0v) is 10.6. The fraction of sp³-hybridized carbons (Fsp3) is 0.400. The SMILES string of the molecule is CC(C)c1nccn1CCCc1ccccc1. The summed E-state index contributed by atoms with van der Waals surface area (Å²) in [4.78, 5) is 4.40. The number of imidazole rings is 1. The molecule has 1 heterocycles. The molecule has 2 aromatic rings. The number of aromatic nitrogens is 2. The first kappa shape index (κ1) is 11.9. The molecule has 0 saturated carbocycles. The Balaban J connectivity index is 1.88. The van der Waals surface area contributed by atoms with Crippen LogP contribution in [0.15, 0.2) is 42.7 Å². The number of benzene rings is 1. The fourth-order valence-electron chi connectivity index (χ4n) is 2.11. The third-order valence-corrected chi connectivity index (χ3v) is 2.97. The molecule has 0 amide bonds. The lowest BCUT2D eigenvalue weighted by atomic mass is 10.1. The fourth-order valence-corrected chi connectivity index (χ4v) is 2.11. The lowest BCUT2D eigenvalue weighted by Crippen LogP contribution is -2.05. The smallest absolute Gasteiger partial charge is 0.111 e. The van der Waals surface area contributed by atoms with E-state index in [1.165, 1.54) is 17.8 Å². The summed E-state index contributed by atoms with van der Waals surface area (Å²) < 4.78 is 2.27. The van der Waals surface area contributed by atoms with Crippen LogP contribution in [0, 0.1) is 0 Å². The minimum Gasteiger partial charge on any atom is -0.335 e. The van der Waals surface area contributed by atoms with Crippen LogP contribution in [-0.4, -0.2) is 9.55 Å². The molecule has 0 N–H and O–H groups in total. The molecule has 1 aromatic heterocycles. The van der Waals surface area contributed by atoms with E-state index in [2.05, 4.69) is 59.9 Å². The van der Waals surface area contributed by atoms with Crippen molar-refractivity contribution >= 4 is 0 Å². The van der Waals surface area contributed by atoms with Gasteiger partial charge in [-0.2, -0.15) is 0 Å². The number of nitrogens with zero attached hydrogens (tertiary/aromatic N) is 2. The molecular formula is C15H20N2. The molecule has 0 spiro atoms. The minimum absolute atomic E-state index is 0.502. The molecule has 2 heteroatoms. The van der Waals surface area contributed by atoms with Crippen LogP contribution in [0.3, 0.4) is 0 Å². The molecule has 0 fully saturated rings. The molecule has 17 heavy (non-hydrogen) atoms. The molecule has 2 nitrogen and oxygen atoms in total. The first-order chi connectivity index (χ1) is 8.27. The molecule has 2 rings (SSSR count). The maximum atomic E-state index is 4.40. The van der Waals surface area contributed by atoms with Crippen LogP contribution in [0.5, 0.6) is 0 Å². The number of rotatable bonds is 5. The zero-order valence-electron chi connectivity index (χ0n) is 10.6. The highest BCUT2D eigenvalue weighted by Gasteiger charge is 2.06. The van der Waals surface area contributed by atoms with Crippen LogP contribution in [0.1, 0.15) is 37.6 Å². The number of hydrogen-bond acceptors (Lipinski definition) is 1. The van der Waals surface area contributed by atoms with Crippen LogP contribution in [0.2, 0.25) is 0 Å². The minimum atomic E-state index is 0.502. The van der Waals surface area contributed by atoms with Gasteiger partial charge in [0.25, 0.3) is 0 Å². The lowest BCUT2D eigenvalue weighted by Gasteiger charge is -2.10. The van der Waals surface area contributed by atoms with Crippen LogP contribution < -0.4 is 0 Å². The predicted molar refractivity (Wildman–Crippen MR) is 71.1 cm³/mol. The summed E-state index contributed by atoms with van der Waals surface area (Å²) in [5.74, 6) is 1.69. The van der Waals surface area contributed by atoms with Crippen molar-refractivity contribution < 1.29 is 0 Å². The molecule has 0 saturated heterocycles. The van der Waals surface area contributed by atoms with E-state index in [0.29, 0.717) is 5.92 Å². The van der Waals surface area contributed by atoms with Crippen molar-refractivity contribution in [3.63, 3.8) is 0 Å². The maximum absolute atomic E-state index is 4.40. The van der Waals surface area contributed by atoms with E-state index in [4.69, 9.17) is 0 Å². The van der Waals surface area contributed by atoms with Gasteiger partial charge < -0.3 is 4.57 Å². The molecule has 0 radical (unpaired) electrons. The van der Waals surface area contributed by atoms with E-state index in [1.807, 2.05) is 6.20 Å². The van der Waals surface area contributed by atoms with Gasteiger partial charge in [-0.25, -0.2) is 4.98 Å². The molecule has 0 aliphatic rings. The van der Waals surface area contributed by atoms with Gasteiger partial charge in [0, 0.05) is 24.9 Å². The van der Waals surface area contributed by atoms with E-state index in [0.717, 1.165) is 13.0 Å². The summed E-state index contributed by atoms with van der Waals surface area (Å²) in [5, 5.41) is 0. The monoisotopic (exact) mass is 228 g/mol. The summed E-state index contributed by atoms with van der Waals surface area (Å²) in [7, 11) is 0. The van der Waals surface area contributed by atoms with Gasteiger partial charge in [0.2, 0.25) is 0 Å². The highest BCUT2D eigenvalue weighted by Crippen LogP contribution is 2.13. The molecule has 0 bridgehead atoms. The Hall–Kier alpha value is -1.57. The molecule has 0 aliphatic heterocycles. The van der Waals surface area contributed by atoms with Gasteiger partial charge in [0.1, 0.15) is 5.82 Å². The average Bonchev–Trinajstić information content (AvgIpc) is 2.79. The van der Waals surface area contributed by atoms with Gasteiger partial charge in [-0.05, 0) is 18.4 Å². The third kappa shape index (κ3) is 3.19. The Bertz CT molecular complexity index is 443. The summed E-state index contributed by atoms with van der Waals surface area (Å²) in [6, 6.07) is 10.7. The second kappa shape index (κ2) is 5.67. The standard InChI is InChI=1S/C15H20N2/c1-13(2)15-16-10-12-17(15)11-6-9-14-7-4-3-5-8-14/h3-5,7-8,10,12-13H,6,9,11H2,1-2H3. The Kier molecular flexibility index (Phi) is 3.97. The van der Waals surface area contributed by atoms with Gasteiger partial charge >= 0.3 is 0 Å². The van der Waals surface area contributed by atoms with E-state index in [9.17, 15) is 0 Å². The quantitative estimate of drug-likeness (QED) is 0.764. The van der Waals surface area contributed by atoms with Gasteiger partial charge in [-0.1, -0.05) is 44.2 Å². The van der Waals surface area contributed by atoms with E-state index in [1.54, 1.807) is 0 Å². The lowest BCUT2D eigenvalue weighted by molar-refractivity contribution is 0.589. The first-order valence-corrected chi connectivity index (χ1v) is 6.32. The second-order valence-electron chi connectivity index (χ2n) is 4.72. The first-order valence-electron chi connectivity index (χ1n) is 6.32. The topological polar surface area (TPSA) is 17.8 Å². The van der Waals surface area contributed by atoms with Crippen molar-refractivity contribution in [3.8, 4) is 0 Å². The van der Waals surface area contributed by atoms with Gasteiger partial charge in [0.15, 0.2) is 0 Å². The maximum Gasteiger partial charge on any atom is 0.111 e. The molecule has 0 unspecified atom stereocenters. The van der Waals surface area contributed by atoms with Crippen molar-refractivity contribution in [2.45, 2.75) is 39.2 Å². The van der Waals surface area contributed by atoms with Gasteiger partial charge in [-0.15, -0.1) is 0 Å². The van der Waals surface area contributed by atoms with E-state index >= 15 is 0 Å². The molecular weight excluding hydrogens is 208 g/mol. The largest absolute Gasteiger partial charge is 0.335 e. The van der Waals surface area contributed by atoms with Crippen molar-refractivity contribution in [2.75, 3.05) is 0 Å². The van der Waals surface area contributed by atoms with Crippen molar-refractivity contribution in [2.24, 2.45) is 0 Å². The Morgan fingerprint density at radius 3 is 2.65 bits per heavy atom. The van der Waals surface area contributed by atoms with Gasteiger partial charge in [-0.3, -0.25) is 0 Å². The van der Waals surface area contributed by atoms with Crippen LogP contribution in [-0.2, 0) is 13.0 Å². The molecule has 1 aromatic carbocycles. The summed E-state index contributed by atoms with van der Waals surface area (Å²) in [6.07, 6.45) is 6.29. The summed E-state index contributed by atoms with van der Waals surface area (Å²) in [5.41, 5.74) is 1.42. The van der Waals surface area contributed by atoms with Crippen molar-refractivity contribution in [1.82, 2.24) is 9.55 Å². The zero-order chi connectivity index (χ0) is 12.1. The van der Waals surface area contributed by atoms with Crippen LogP contribution >= 0.6 is 0 Å². The summed E-state index contributed by atoms with van der Waals surface area (Å²) in [6.45, 7) is 5.44. The molecule has 0 aliphatic carbocycles. The van der Waals surface area contributed by atoms with Gasteiger partial charge in [0.05, 0.1) is 0 Å². The highest BCUT2D eigenvalue weighted by atomic mass is 15.1. The second-order valence-corrected chi connectivity index (χ2v) is 4.72. The van der Waals surface area contributed by atoms with Crippen molar-refractivity contribution in [3.05, 3.63) is 54.1 Å². The average molecular weight is 228 g/mol. The van der Waals surface area contributed by atoms with E-state index in [-0.39, 0.29) is 0 Å². The Morgan fingerprint density at radius 2 is 1.94 bits per heavy atom. The van der Waals surface area contributed by atoms with Crippen molar-refractivity contribution in [1.29, 1.82) is 0 Å². The summed E-state index contributed by atoms with van der Waals surface area (Å²) >= 11 is 0. The van der Waals surface area contributed by atoms with E-state index < -0.39 is 0 Å². The molecule has 90 valence electrons. The molecule has 0 atom stereocenters. The Morgan fingerprint density at radius 1 is 1.18 bits per heavy atom. The predicted octanol–water partition coefficient (Wildman–Crippen LogP) is 3.64. The normalized spacial score (nSPS) is 11.0. The highest BCUT2D eigenvalue weighted by molar-refractivity contribution is 5.14. The Labute approximate surface area is 103 Å². The van der Waals surface area contributed by atoms with Crippen LogP contribution in [0.4, 0.5) is 0 Å². The third-order valence-electron chi connectivity index (χ3n) is 2.97.